The first kappa shape index (κ1) is 20.3. The summed E-state index contributed by atoms with van der Waals surface area (Å²) in [5.74, 6) is 0. The predicted molar refractivity (Wildman–Crippen MR) is 121 cm³/mol. The number of rotatable bonds is 8. The lowest BCUT2D eigenvalue weighted by Gasteiger charge is -2.24. The Morgan fingerprint density at radius 3 is 1.85 bits per heavy atom. The molecule has 0 aliphatic carbocycles. The normalized spacial score (nSPS) is 13.2. The summed E-state index contributed by atoms with van der Waals surface area (Å²) in [7, 11) is 0. The monoisotopic (exact) mass is 580 g/mol. The van der Waals surface area contributed by atoms with Crippen LogP contribution in [0.1, 0.15) is 0 Å². The van der Waals surface area contributed by atoms with E-state index in [1.165, 1.54) is 17.9 Å². The van der Waals surface area contributed by atoms with Crippen LogP contribution in [-0.2, 0) is 6.54 Å². The summed E-state index contributed by atoms with van der Waals surface area (Å²) >= 11 is 4.65. The number of aliphatic hydroxyl groups excluding tert-OH is 3. The van der Waals surface area contributed by atoms with E-state index in [0.29, 0.717) is 26.2 Å². The van der Waals surface area contributed by atoms with Crippen LogP contribution in [0.15, 0.2) is 36.4 Å². The standard InChI is InChI=1S/C19H22I2N2O3/c20-13-1-3-18-16(9-13)17-10-14(21)2-4-19(17)23(18)12-15(26)11-22(5-7-24)6-8-25/h1-4,9-10,15,24-26H,5-8,11-12H2/t15-/m1/s1. The smallest absolute Gasteiger partial charge is 0.0846 e. The summed E-state index contributed by atoms with van der Waals surface area (Å²) in [6, 6.07) is 12.7. The summed E-state index contributed by atoms with van der Waals surface area (Å²) in [6.07, 6.45) is -0.592. The molecule has 7 heteroatoms. The number of nitrogens with zero attached hydrogens (tertiary/aromatic N) is 2. The molecule has 3 rings (SSSR count). The third-order valence-corrected chi connectivity index (χ3v) is 5.83. The van der Waals surface area contributed by atoms with Crippen molar-refractivity contribution in [3.8, 4) is 0 Å². The molecule has 26 heavy (non-hydrogen) atoms. The van der Waals surface area contributed by atoms with Gasteiger partial charge in [-0.2, -0.15) is 0 Å². The molecule has 0 amide bonds. The number of aromatic nitrogens is 1. The Balaban J connectivity index is 1.95. The van der Waals surface area contributed by atoms with Gasteiger partial charge in [-0.25, -0.2) is 0 Å². The van der Waals surface area contributed by atoms with E-state index < -0.39 is 6.10 Å². The van der Waals surface area contributed by atoms with E-state index in [1.54, 1.807) is 0 Å². The molecular weight excluding hydrogens is 558 g/mol. The van der Waals surface area contributed by atoms with Gasteiger partial charge in [0, 0.05) is 48.6 Å². The fourth-order valence-electron chi connectivity index (χ4n) is 3.39. The van der Waals surface area contributed by atoms with Gasteiger partial charge in [0.15, 0.2) is 0 Å². The van der Waals surface area contributed by atoms with Crippen LogP contribution in [0.4, 0.5) is 0 Å². The van der Waals surface area contributed by atoms with E-state index >= 15 is 0 Å². The van der Waals surface area contributed by atoms with Crippen molar-refractivity contribution >= 4 is 67.0 Å². The second kappa shape index (κ2) is 9.16. The van der Waals surface area contributed by atoms with Crippen molar-refractivity contribution < 1.29 is 15.3 Å². The molecule has 0 aliphatic rings. The molecule has 140 valence electrons. The molecule has 0 unspecified atom stereocenters. The number of hydrogen-bond donors (Lipinski definition) is 3. The number of fused-ring (bicyclic) bond motifs is 3. The maximum atomic E-state index is 10.6. The maximum Gasteiger partial charge on any atom is 0.0846 e. The fourth-order valence-corrected chi connectivity index (χ4v) is 4.37. The van der Waals surface area contributed by atoms with Crippen LogP contribution in [0, 0.1) is 7.14 Å². The highest BCUT2D eigenvalue weighted by molar-refractivity contribution is 14.1. The number of aliphatic hydroxyl groups is 3. The van der Waals surface area contributed by atoms with Gasteiger partial charge >= 0.3 is 0 Å². The van der Waals surface area contributed by atoms with E-state index in [2.05, 4.69) is 86.1 Å². The minimum Gasteiger partial charge on any atom is -0.395 e. The maximum absolute atomic E-state index is 10.6. The molecule has 3 aromatic rings. The minimum absolute atomic E-state index is 0.0129. The van der Waals surface area contributed by atoms with Crippen LogP contribution >= 0.6 is 45.2 Å². The van der Waals surface area contributed by atoms with Crippen LogP contribution in [0.2, 0.25) is 0 Å². The number of benzene rings is 2. The van der Waals surface area contributed by atoms with Crippen LogP contribution < -0.4 is 0 Å². The van der Waals surface area contributed by atoms with E-state index in [4.69, 9.17) is 10.2 Å². The molecular formula is C19H22I2N2O3. The van der Waals surface area contributed by atoms with Crippen molar-refractivity contribution in [1.29, 1.82) is 0 Å². The Kier molecular flexibility index (Phi) is 7.14. The Labute approximate surface area is 179 Å². The summed E-state index contributed by atoms with van der Waals surface area (Å²) < 4.78 is 4.54. The summed E-state index contributed by atoms with van der Waals surface area (Å²) in [6.45, 7) is 1.80. The fraction of sp³-hybridized carbons (Fsp3) is 0.368. The van der Waals surface area contributed by atoms with Gasteiger partial charge in [-0.05, 0) is 81.6 Å². The summed E-state index contributed by atoms with van der Waals surface area (Å²) in [5.41, 5.74) is 2.22. The second-order valence-corrected chi connectivity index (χ2v) is 8.83. The van der Waals surface area contributed by atoms with E-state index in [9.17, 15) is 5.11 Å². The van der Waals surface area contributed by atoms with Gasteiger partial charge in [0.05, 0.1) is 25.9 Å². The van der Waals surface area contributed by atoms with Gasteiger partial charge in [-0.1, -0.05) is 0 Å². The van der Waals surface area contributed by atoms with Crippen molar-refractivity contribution in [2.24, 2.45) is 0 Å². The lowest BCUT2D eigenvalue weighted by Crippen LogP contribution is -2.38. The minimum atomic E-state index is -0.592. The van der Waals surface area contributed by atoms with E-state index in [0.717, 1.165) is 11.0 Å². The zero-order valence-electron chi connectivity index (χ0n) is 14.3. The molecule has 1 aromatic heterocycles. The molecule has 0 saturated heterocycles. The topological polar surface area (TPSA) is 68.9 Å². The Hall–Kier alpha value is -0.460. The SMILES string of the molecule is OCCN(CCO)C[C@@H](O)Cn1c2ccc(I)cc2c2cc(I)ccc21. The van der Waals surface area contributed by atoms with E-state index in [-0.39, 0.29) is 13.2 Å². The van der Waals surface area contributed by atoms with Crippen molar-refractivity contribution in [3.63, 3.8) is 0 Å². The average molecular weight is 580 g/mol. The zero-order valence-corrected chi connectivity index (χ0v) is 18.6. The zero-order chi connectivity index (χ0) is 18.7. The van der Waals surface area contributed by atoms with Gasteiger partial charge in [0.2, 0.25) is 0 Å². The first-order valence-corrected chi connectivity index (χ1v) is 10.7. The molecule has 3 N–H and O–H groups in total. The van der Waals surface area contributed by atoms with E-state index in [1.807, 2.05) is 4.90 Å². The molecule has 0 saturated carbocycles. The van der Waals surface area contributed by atoms with Gasteiger partial charge in [-0.15, -0.1) is 0 Å². The Bertz CT molecular complexity index is 832. The highest BCUT2D eigenvalue weighted by Crippen LogP contribution is 2.31. The quantitative estimate of drug-likeness (QED) is 0.359. The van der Waals surface area contributed by atoms with Crippen molar-refractivity contribution in [3.05, 3.63) is 43.5 Å². The summed E-state index contributed by atoms with van der Waals surface area (Å²) in [5, 5.41) is 31.3. The third-order valence-electron chi connectivity index (χ3n) is 4.48. The first-order valence-electron chi connectivity index (χ1n) is 8.52. The molecule has 2 aromatic carbocycles. The Morgan fingerprint density at radius 1 is 0.885 bits per heavy atom. The highest BCUT2D eigenvalue weighted by atomic mass is 127. The highest BCUT2D eigenvalue weighted by Gasteiger charge is 2.16. The van der Waals surface area contributed by atoms with Crippen LogP contribution in [0.3, 0.4) is 0 Å². The third kappa shape index (κ3) is 4.50. The lowest BCUT2D eigenvalue weighted by molar-refractivity contribution is 0.0787. The van der Waals surface area contributed by atoms with Crippen LogP contribution in [-0.4, -0.2) is 63.7 Å². The second-order valence-electron chi connectivity index (χ2n) is 6.34. The Morgan fingerprint density at radius 2 is 1.38 bits per heavy atom. The predicted octanol–water partition coefficient (Wildman–Crippen LogP) is 2.65. The first-order chi connectivity index (χ1) is 12.5. The average Bonchev–Trinajstić information content (AvgIpc) is 2.88. The molecule has 0 aliphatic heterocycles. The largest absolute Gasteiger partial charge is 0.395 e. The molecule has 1 atom stereocenters. The van der Waals surface area contributed by atoms with Crippen LogP contribution in [0.25, 0.3) is 21.8 Å². The van der Waals surface area contributed by atoms with Crippen molar-refractivity contribution in [1.82, 2.24) is 9.47 Å². The van der Waals surface area contributed by atoms with Crippen molar-refractivity contribution in [2.75, 3.05) is 32.8 Å². The number of hydrogen-bond acceptors (Lipinski definition) is 4. The van der Waals surface area contributed by atoms with Gasteiger partial charge < -0.3 is 19.9 Å². The van der Waals surface area contributed by atoms with Gasteiger partial charge in [-0.3, -0.25) is 4.90 Å². The molecule has 5 nitrogen and oxygen atoms in total. The molecule has 0 bridgehead atoms. The lowest BCUT2D eigenvalue weighted by atomic mass is 10.2. The van der Waals surface area contributed by atoms with Gasteiger partial charge in [0.1, 0.15) is 0 Å². The number of halogens is 2. The van der Waals surface area contributed by atoms with Crippen molar-refractivity contribution in [2.45, 2.75) is 12.6 Å². The molecule has 0 radical (unpaired) electrons. The molecule has 1 heterocycles. The molecule has 0 fully saturated rings. The summed E-state index contributed by atoms with van der Waals surface area (Å²) in [4.78, 5) is 1.88. The molecule has 0 spiro atoms. The van der Waals surface area contributed by atoms with Gasteiger partial charge in [0.25, 0.3) is 0 Å². The van der Waals surface area contributed by atoms with Crippen LogP contribution in [0.5, 0.6) is 0 Å².